The molecule has 1 heterocycles. The highest BCUT2D eigenvalue weighted by Crippen LogP contribution is 2.50. The second-order valence-corrected chi connectivity index (χ2v) is 12.6. The molecule has 204 valence electrons. The minimum atomic E-state index is -2.31. The summed E-state index contributed by atoms with van der Waals surface area (Å²) in [5, 5.41) is 0. The van der Waals surface area contributed by atoms with Crippen molar-refractivity contribution in [3.63, 3.8) is 0 Å². The molecular weight excluding hydrogens is 529 g/mol. The van der Waals surface area contributed by atoms with E-state index in [0.29, 0.717) is 0 Å². The van der Waals surface area contributed by atoms with Gasteiger partial charge < -0.3 is 18.6 Å². The van der Waals surface area contributed by atoms with Gasteiger partial charge in [-0.25, -0.2) is 0 Å². The first-order valence-corrected chi connectivity index (χ1v) is 15.9. The molecule has 0 fully saturated rings. The number of hydrogen-bond donors (Lipinski definition) is 0. The Balaban J connectivity index is 1.50. The lowest BCUT2D eigenvalue weighted by atomic mass is 10.2. The molecular formula is C37H32N4Si. The van der Waals surface area contributed by atoms with E-state index in [1.54, 1.807) is 0 Å². The smallest absolute Gasteiger partial charge is 0.343 e. The molecule has 0 radical (unpaired) electrons. The van der Waals surface area contributed by atoms with Crippen LogP contribution in [0, 0.1) is 0 Å². The van der Waals surface area contributed by atoms with Gasteiger partial charge in [-0.05, 0) is 72.8 Å². The van der Waals surface area contributed by atoms with Crippen LogP contribution in [0.25, 0.3) is 0 Å². The summed E-state index contributed by atoms with van der Waals surface area (Å²) in [4.78, 5) is 2.29. The van der Waals surface area contributed by atoms with E-state index in [1.807, 2.05) is 0 Å². The van der Waals surface area contributed by atoms with Crippen molar-refractivity contribution in [2.45, 2.75) is 0 Å². The standard InChI is InChI=1S/C37H32N4Si/c1-38(30-18-6-2-7-19-30)34-26-14-15-27-35(34)39(31-20-8-3-9-21-31)42-40(32-22-10-4-11-23-32)36-28-16-17-29-37(36)41(42)33-24-12-5-13-25-33/h2-29,42H,1H3. The largest absolute Gasteiger partial charge is 0.377 e. The van der Waals surface area contributed by atoms with Crippen molar-refractivity contribution in [2.75, 3.05) is 25.6 Å². The average Bonchev–Trinajstić information content (AvgIpc) is 3.41. The molecule has 42 heavy (non-hydrogen) atoms. The van der Waals surface area contributed by atoms with Crippen molar-refractivity contribution in [3.8, 4) is 0 Å². The Kier molecular flexibility index (Phi) is 6.92. The zero-order chi connectivity index (χ0) is 28.3. The number of nitrogens with zero attached hydrogens (tertiary/aromatic N) is 4. The summed E-state index contributed by atoms with van der Waals surface area (Å²) >= 11 is 0. The van der Waals surface area contributed by atoms with Gasteiger partial charge in [0.15, 0.2) is 0 Å². The Hall–Kier alpha value is -5.26. The van der Waals surface area contributed by atoms with E-state index >= 15 is 0 Å². The fourth-order valence-corrected chi connectivity index (χ4v) is 9.33. The number of rotatable bonds is 7. The van der Waals surface area contributed by atoms with Crippen molar-refractivity contribution in [2.24, 2.45) is 0 Å². The first-order valence-electron chi connectivity index (χ1n) is 14.3. The zero-order valence-electron chi connectivity index (χ0n) is 23.5. The quantitative estimate of drug-likeness (QED) is 0.180. The second-order valence-electron chi connectivity index (χ2n) is 10.3. The van der Waals surface area contributed by atoms with E-state index in [0.717, 1.165) is 17.1 Å². The molecule has 0 spiro atoms. The third kappa shape index (κ3) is 4.60. The maximum Gasteiger partial charge on any atom is 0.377 e. The maximum absolute atomic E-state index is 2.61. The van der Waals surface area contributed by atoms with Crippen LogP contribution in [-0.2, 0) is 0 Å². The van der Waals surface area contributed by atoms with Crippen molar-refractivity contribution in [3.05, 3.63) is 170 Å². The summed E-state index contributed by atoms with van der Waals surface area (Å²) in [6.07, 6.45) is 0. The van der Waals surface area contributed by atoms with Gasteiger partial charge in [0.2, 0.25) is 0 Å². The molecule has 0 saturated heterocycles. The van der Waals surface area contributed by atoms with Gasteiger partial charge in [-0.2, -0.15) is 0 Å². The Bertz CT molecular complexity index is 1700. The molecule has 0 aliphatic carbocycles. The van der Waals surface area contributed by atoms with Crippen LogP contribution >= 0.6 is 0 Å². The van der Waals surface area contributed by atoms with Crippen LogP contribution < -0.4 is 18.6 Å². The number of benzene rings is 6. The van der Waals surface area contributed by atoms with E-state index < -0.39 is 9.28 Å². The molecule has 0 aromatic heterocycles. The predicted molar refractivity (Wildman–Crippen MR) is 180 cm³/mol. The average molecular weight is 561 g/mol. The van der Waals surface area contributed by atoms with Crippen molar-refractivity contribution >= 4 is 54.8 Å². The molecule has 0 saturated carbocycles. The number of anilines is 8. The highest BCUT2D eigenvalue weighted by molar-refractivity contribution is 6.77. The lowest BCUT2D eigenvalue weighted by Crippen LogP contribution is -2.56. The molecule has 7 rings (SSSR count). The number of para-hydroxylation sites is 8. The van der Waals surface area contributed by atoms with E-state index in [4.69, 9.17) is 0 Å². The zero-order valence-corrected chi connectivity index (χ0v) is 24.7. The minimum absolute atomic E-state index is 1.15. The summed E-state index contributed by atoms with van der Waals surface area (Å²) in [6.45, 7) is 0. The summed E-state index contributed by atoms with van der Waals surface area (Å²) in [6, 6.07) is 60.7. The van der Waals surface area contributed by atoms with Gasteiger partial charge in [-0.3, -0.25) is 0 Å². The van der Waals surface area contributed by atoms with Crippen molar-refractivity contribution < 1.29 is 0 Å². The van der Waals surface area contributed by atoms with Gasteiger partial charge in [0.05, 0.1) is 22.7 Å². The highest BCUT2D eigenvalue weighted by atomic mass is 28.3. The summed E-state index contributed by atoms with van der Waals surface area (Å²) in [5.41, 5.74) is 9.45. The Morgan fingerprint density at radius 1 is 0.405 bits per heavy atom. The van der Waals surface area contributed by atoms with E-state index in [-0.39, 0.29) is 0 Å². The van der Waals surface area contributed by atoms with Crippen LogP contribution in [0.15, 0.2) is 170 Å². The molecule has 0 bridgehead atoms. The van der Waals surface area contributed by atoms with Crippen LogP contribution in [0.4, 0.5) is 45.5 Å². The molecule has 6 aromatic carbocycles. The lowest BCUT2D eigenvalue weighted by Gasteiger charge is -2.42. The topological polar surface area (TPSA) is 13.0 Å². The highest BCUT2D eigenvalue weighted by Gasteiger charge is 2.45. The third-order valence-electron chi connectivity index (χ3n) is 7.84. The molecule has 0 N–H and O–H groups in total. The molecule has 0 atom stereocenters. The number of hydrogen-bond acceptors (Lipinski definition) is 4. The van der Waals surface area contributed by atoms with E-state index in [2.05, 4.69) is 196 Å². The molecule has 1 aliphatic heterocycles. The fourth-order valence-electron chi connectivity index (χ4n) is 5.92. The molecule has 1 aliphatic rings. The van der Waals surface area contributed by atoms with Crippen LogP contribution in [0.2, 0.25) is 0 Å². The van der Waals surface area contributed by atoms with Gasteiger partial charge in [-0.15, -0.1) is 0 Å². The van der Waals surface area contributed by atoms with E-state index in [9.17, 15) is 0 Å². The summed E-state index contributed by atoms with van der Waals surface area (Å²) in [5.74, 6) is 0. The Morgan fingerprint density at radius 3 is 1.29 bits per heavy atom. The molecule has 0 unspecified atom stereocenters. The van der Waals surface area contributed by atoms with Crippen LogP contribution in [0.1, 0.15) is 0 Å². The van der Waals surface area contributed by atoms with Gasteiger partial charge >= 0.3 is 9.28 Å². The monoisotopic (exact) mass is 560 g/mol. The molecule has 4 nitrogen and oxygen atoms in total. The number of fused-ring (bicyclic) bond motifs is 1. The first-order chi connectivity index (χ1) is 20.8. The van der Waals surface area contributed by atoms with Gasteiger partial charge in [0.1, 0.15) is 0 Å². The molecule has 6 aromatic rings. The first kappa shape index (κ1) is 25.7. The lowest BCUT2D eigenvalue weighted by molar-refractivity contribution is 1.18. The third-order valence-corrected chi connectivity index (χ3v) is 11.0. The molecule has 5 heteroatoms. The van der Waals surface area contributed by atoms with Crippen LogP contribution in [0.5, 0.6) is 0 Å². The SMILES string of the molecule is CN(c1ccccc1)c1ccccc1N(c1ccccc1)[SiH]1N(c2ccccc2)c2ccccc2N1c1ccccc1. The van der Waals surface area contributed by atoms with Gasteiger partial charge in [0.25, 0.3) is 0 Å². The normalized spacial score (nSPS) is 12.7. The van der Waals surface area contributed by atoms with Crippen LogP contribution in [0.3, 0.4) is 0 Å². The van der Waals surface area contributed by atoms with Crippen LogP contribution in [-0.4, -0.2) is 16.3 Å². The maximum atomic E-state index is 2.61. The van der Waals surface area contributed by atoms with Gasteiger partial charge in [-0.1, -0.05) is 97.1 Å². The molecule has 0 amide bonds. The van der Waals surface area contributed by atoms with Crippen molar-refractivity contribution in [1.82, 2.24) is 0 Å². The van der Waals surface area contributed by atoms with Gasteiger partial charge in [0, 0.05) is 29.8 Å². The summed E-state index contributed by atoms with van der Waals surface area (Å²) in [7, 11) is -0.151. The Morgan fingerprint density at radius 2 is 0.786 bits per heavy atom. The Labute approximate surface area is 249 Å². The fraction of sp³-hybridized carbons (Fsp3) is 0.0270. The summed E-state index contributed by atoms with van der Waals surface area (Å²) < 4.78 is 7.79. The second kappa shape index (κ2) is 11.3. The minimum Gasteiger partial charge on any atom is -0.343 e. The van der Waals surface area contributed by atoms with Crippen molar-refractivity contribution in [1.29, 1.82) is 0 Å². The van der Waals surface area contributed by atoms with E-state index in [1.165, 1.54) is 28.4 Å². The predicted octanol–water partition coefficient (Wildman–Crippen LogP) is 9.30.